The van der Waals surface area contributed by atoms with Crippen molar-refractivity contribution in [3.05, 3.63) is 29.0 Å². The van der Waals surface area contributed by atoms with Crippen LogP contribution >= 0.6 is 23.4 Å². The predicted octanol–water partition coefficient (Wildman–Crippen LogP) is 1.96. The van der Waals surface area contributed by atoms with E-state index in [-0.39, 0.29) is 6.61 Å². The molecule has 4 heteroatoms. The topological polar surface area (TPSA) is 33.1 Å². The van der Waals surface area contributed by atoms with E-state index in [1.807, 2.05) is 12.1 Å². The third-order valence-electron chi connectivity index (χ3n) is 1.26. The summed E-state index contributed by atoms with van der Waals surface area (Å²) in [5.41, 5.74) is 0.959. The van der Waals surface area contributed by atoms with Crippen molar-refractivity contribution in [2.75, 3.05) is 12.4 Å². The number of rotatable bonds is 4. The second-order valence-electron chi connectivity index (χ2n) is 2.23. The van der Waals surface area contributed by atoms with Crippen LogP contribution in [0.4, 0.5) is 0 Å². The minimum Gasteiger partial charge on any atom is -0.396 e. The van der Waals surface area contributed by atoms with E-state index in [4.69, 9.17) is 16.7 Å². The van der Waals surface area contributed by atoms with Gasteiger partial charge in [-0.3, -0.25) is 0 Å². The summed E-state index contributed by atoms with van der Waals surface area (Å²) >= 11 is 7.33. The fraction of sp³-hybridized carbons (Fsp3) is 0.375. The molecule has 0 amide bonds. The molecule has 0 atom stereocenters. The van der Waals surface area contributed by atoms with Crippen molar-refractivity contribution in [3.8, 4) is 0 Å². The molecule has 0 bridgehead atoms. The molecule has 1 aromatic rings. The van der Waals surface area contributed by atoms with E-state index >= 15 is 0 Å². The highest BCUT2D eigenvalue weighted by Crippen LogP contribution is 2.11. The maximum Gasteiger partial charge on any atom is 0.129 e. The number of nitrogens with zero attached hydrogens (tertiary/aromatic N) is 1. The molecular weight excluding hydrogens is 194 g/mol. The lowest BCUT2D eigenvalue weighted by atomic mass is 10.4. The number of thioether (sulfide) groups is 1. The number of aromatic nitrogens is 1. The first kappa shape index (κ1) is 9.84. The van der Waals surface area contributed by atoms with Crippen LogP contribution in [-0.2, 0) is 5.75 Å². The number of pyridine rings is 1. The normalized spacial score (nSPS) is 10.2. The second kappa shape index (κ2) is 5.41. The van der Waals surface area contributed by atoms with Crippen molar-refractivity contribution in [1.82, 2.24) is 4.98 Å². The smallest absolute Gasteiger partial charge is 0.129 e. The lowest BCUT2D eigenvalue weighted by Gasteiger charge is -1.98. The minimum absolute atomic E-state index is 0.214. The Labute approximate surface area is 81.0 Å². The summed E-state index contributed by atoms with van der Waals surface area (Å²) in [5, 5.41) is 9.06. The van der Waals surface area contributed by atoms with Gasteiger partial charge < -0.3 is 5.11 Å². The Balaban J connectivity index is 2.41. The Bertz CT molecular complexity index is 244. The molecule has 2 nitrogen and oxygen atoms in total. The average Bonchev–Trinajstić information content (AvgIpc) is 2.05. The molecule has 0 aliphatic heterocycles. The molecule has 1 N–H and O–H groups in total. The van der Waals surface area contributed by atoms with Gasteiger partial charge in [-0.15, -0.1) is 0 Å². The van der Waals surface area contributed by atoms with Crippen molar-refractivity contribution in [2.24, 2.45) is 0 Å². The van der Waals surface area contributed by atoms with Gasteiger partial charge in [0, 0.05) is 11.5 Å². The molecule has 0 aromatic carbocycles. The van der Waals surface area contributed by atoms with E-state index < -0.39 is 0 Å². The van der Waals surface area contributed by atoms with Crippen LogP contribution in [0.25, 0.3) is 0 Å². The van der Waals surface area contributed by atoms with Gasteiger partial charge in [-0.25, -0.2) is 4.98 Å². The first-order chi connectivity index (χ1) is 5.83. The van der Waals surface area contributed by atoms with Crippen LogP contribution in [0.15, 0.2) is 18.2 Å². The van der Waals surface area contributed by atoms with E-state index in [0.29, 0.717) is 5.15 Å². The standard InChI is InChI=1S/C8H10ClNOS/c9-8-3-1-2-7(10-8)6-12-5-4-11/h1-3,11H,4-6H2. The van der Waals surface area contributed by atoms with E-state index in [0.717, 1.165) is 17.2 Å². The third-order valence-corrected chi connectivity index (χ3v) is 2.44. The Kier molecular flexibility index (Phi) is 4.43. The van der Waals surface area contributed by atoms with Gasteiger partial charge in [0.15, 0.2) is 0 Å². The average molecular weight is 204 g/mol. The Morgan fingerprint density at radius 2 is 2.33 bits per heavy atom. The van der Waals surface area contributed by atoms with Crippen LogP contribution in [0, 0.1) is 0 Å². The molecule has 0 aliphatic rings. The number of halogens is 1. The quantitative estimate of drug-likeness (QED) is 0.600. The summed E-state index contributed by atoms with van der Waals surface area (Å²) in [4.78, 5) is 4.11. The van der Waals surface area contributed by atoms with Gasteiger partial charge in [0.05, 0.1) is 12.3 Å². The lowest BCUT2D eigenvalue weighted by Crippen LogP contribution is -1.90. The summed E-state index contributed by atoms with van der Waals surface area (Å²) in [6.07, 6.45) is 0. The number of aliphatic hydroxyl groups excluding tert-OH is 1. The van der Waals surface area contributed by atoms with Crippen LogP contribution in [-0.4, -0.2) is 22.5 Å². The predicted molar refractivity (Wildman–Crippen MR) is 52.5 cm³/mol. The van der Waals surface area contributed by atoms with Crippen molar-refractivity contribution in [1.29, 1.82) is 0 Å². The molecule has 0 fully saturated rings. The van der Waals surface area contributed by atoms with E-state index in [1.54, 1.807) is 17.8 Å². The molecule has 1 rings (SSSR count). The molecule has 0 radical (unpaired) electrons. The fourth-order valence-corrected chi connectivity index (χ4v) is 1.60. The summed E-state index contributed by atoms with van der Waals surface area (Å²) in [5.74, 6) is 1.55. The third kappa shape index (κ3) is 3.43. The van der Waals surface area contributed by atoms with Crippen LogP contribution in [0.5, 0.6) is 0 Å². The van der Waals surface area contributed by atoms with Crippen LogP contribution in [0.1, 0.15) is 5.69 Å². The van der Waals surface area contributed by atoms with E-state index in [2.05, 4.69) is 4.98 Å². The Morgan fingerprint density at radius 3 is 3.00 bits per heavy atom. The van der Waals surface area contributed by atoms with Crippen LogP contribution < -0.4 is 0 Å². The van der Waals surface area contributed by atoms with Gasteiger partial charge in [-0.05, 0) is 12.1 Å². The zero-order valence-electron chi connectivity index (χ0n) is 6.53. The number of hydrogen-bond donors (Lipinski definition) is 1. The van der Waals surface area contributed by atoms with Crippen molar-refractivity contribution < 1.29 is 5.11 Å². The largest absolute Gasteiger partial charge is 0.396 e. The lowest BCUT2D eigenvalue weighted by molar-refractivity contribution is 0.322. The van der Waals surface area contributed by atoms with Gasteiger partial charge in [-0.2, -0.15) is 11.8 Å². The zero-order chi connectivity index (χ0) is 8.81. The second-order valence-corrected chi connectivity index (χ2v) is 3.72. The first-order valence-corrected chi connectivity index (χ1v) is 5.16. The zero-order valence-corrected chi connectivity index (χ0v) is 8.11. The summed E-state index contributed by atoms with van der Waals surface area (Å²) in [7, 11) is 0. The molecule has 66 valence electrons. The van der Waals surface area contributed by atoms with Gasteiger partial charge in [-0.1, -0.05) is 17.7 Å². The summed E-state index contributed by atoms with van der Waals surface area (Å²) < 4.78 is 0. The highest BCUT2D eigenvalue weighted by atomic mass is 35.5. The van der Waals surface area contributed by atoms with Crippen molar-refractivity contribution in [3.63, 3.8) is 0 Å². The molecule has 0 saturated heterocycles. The number of aliphatic hydroxyl groups is 1. The molecule has 0 aliphatic carbocycles. The van der Waals surface area contributed by atoms with E-state index in [9.17, 15) is 0 Å². The SMILES string of the molecule is OCCSCc1cccc(Cl)n1. The molecule has 1 heterocycles. The fourth-order valence-electron chi connectivity index (χ4n) is 0.772. The molecule has 12 heavy (non-hydrogen) atoms. The monoisotopic (exact) mass is 203 g/mol. The van der Waals surface area contributed by atoms with Crippen molar-refractivity contribution in [2.45, 2.75) is 5.75 Å². The number of hydrogen-bond acceptors (Lipinski definition) is 3. The van der Waals surface area contributed by atoms with Gasteiger partial charge >= 0.3 is 0 Å². The molecule has 0 saturated carbocycles. The highest BCUT2D eigenvalue weighted by Gasteiger charge is 1.95. The van der Waals surface area contributed by atoms with Gasteiger partial charge in [0.1, 0.15) is 5.15 Å². The maximum absolute atomic E-state index is 8.53. The van der Waals surface area contributed by atoms with Crippen molar-refractivity contribution >= 4 is 23.4 Å². The molecule has 1 aromatic heterocycles. The molecular formula is C8H10ClNOS. The van der Waals surface area contributed by atoms with Gasteiger partial charge in [0.25, 0.3) is 0 Å². The van der Waals surface area contributed by atoms with E-state index in [1.165, 1.54) is 0 Å². The highest BCUT2D eigenvalue weighted by molar-refractivity contribution is 7.98. The molecule has 0 unspecified atom stereocenters. The van der Waals surface area contributed by atoms with Crippen LogP contribution in [0.3, 0.4) is 0 Å². The van der Waals surface area contributed by atoms with Crippen LogP contribution in [0.2, 0.25) is 5.15 Å². The molecule has 0 spiro atoms. The summed E-state index contributed by atoms with van der Waals surface area (Å²) in [6, 6.07) is 5.56. The maximum atomic E-state index is 8.53. The first-order valence-electron chi connectivity index (χ1n) is 3.63. The summed E-state index contributed by atoms with van der Waals surface area (Å²) in [6.45, 7) is 0.214. The minimum atomic E-state index is 0.214. The Hall–Kier alpha value is -0.250. The van der Waals surface area contributed by atoms with Gasteiger partial charge in [0.2, 0.25) is 0 Å². The Morgan fingerprint density at radius 1 is 1.50 bits per heavy atom.